The molecule has 3 aromatic rings. The van der Waals surface area contributed by atoms with Crippen molar-refractivity contribution < 1.29 is 9.13 Å². The van der Waals surface area contributed by atoms with E-state index in [1.165, 1.54) is 17.8 Å². The Balaban J connectivity index is 1.36. The van der Waals surface area contributed by atoms with Crippen LogP contribution < -0.4 is 4.90 Å². The SMILES string of the molecule is Fc1ccc(/N=N/c2ccc(/N=N/c3ccc(N4CCOCC4)cc3)cc2)cc1. The average Bonchev–Trinajstić information content (AvgIpc) is 2.79. The molecular formula is C22H20FN5O. The summed E-state index contributed by atoms with van der Waals surface area (Å²) in [5.41, 5.74) is 3.96. The van der Waals surface area contributed by atoms with Crippen molar-refractivity contribution in [3.05, 3.63) is 78.6 Å². The van der Waals surface area contributed by atoms with Gasteiger partial charge in [0.15, 0.2) is 0 Å². The quantitative estimate of drug-likeness (QED) is 0.468. The van der Waals surface area contributed by atoms with Gasteiger partial charge in [0.25, 0.3) is 0 Å². The molecule has 0 unspecified atom stereocenters. The van der Waals surface area contributed by atoms with Crippen molar-refractivity contribution in [2.24, 2.45) is 20.5 Å². The molecule has 0 amide bonds. The average molecular weight is 389 g/mol. The zero-order valence-corrected chi connectivity index (χ0v) is 15.8. The molecule has 146 valence electrons. The summed E-state index contributed by atoms with van der Waals surface area (Å²) in [6.45, 7) is 3.35. The van der Waals surface area contributed by atoms with Gasteiger partial charge in [0.2, 0.25) is 0 Å². The monoisotopic (exact) mass is 389 g/mol. The molecule has 7 heteroatoms. The lowest BCUT2D eigenvalue weighted by molar-refractivity contribution is 0.122. The first-order chi connectivity index (χ1) is 14.3. The van der Waals surface area contributed by atoms with Crippen molar-refractivity contribution in [2.75, 3.05) is 31.2 Å². The Kier molecular flexibility index (Phi) is 5.97. The van der Waals surface area contributed by atoms with Gasteiger partial charge in [-0.3, -0.25) is 0 Å². The number of anilines is 1. The topological polar surface area (TPSA) is 61.9 Å². The number of ether oxygens (including phenoxy) is 1. The van der Waals surface area contributed by atoms with Gasteiger partial charge in [-0.2, -0.15) is 20.5 Å². The lowest BCUT2D eigenvalue weighted by Gasteiger charge is -2.28. The number of azo groups is 2. The third-order valence-electron chi connectivity index (χ3n) is 4.46. The minimum Gasteiger partial charge on any atom is -0.378 e. The maximum Gasteiger partial charge on any atom is 0.123 e. The molecule has 1 aliphatic heterocycles. The summed E-state index contributed by atoms with van der Waals surface area (Å²) in [7, 11) is 0. The van der Waals surface area contributed by atoms with E-state index in [-0.39, 0.29) is 5.82 Å². The highest BCUT2D eigenvalue weighted by atomic mass is 19.1. The van der Waals surface area contributed by atoms with Gasteiger partial charge in [0.1, 0.15) is 5.82 Å². The third kappa shape index (κ3) is 5.30. The second kappa shape index (κ2) is 9.16. The fourth-order valence-electron chi connectivity index (χ4n) is 2.88. The maximum atomic E-state index is 12.9. The maximum absolute atomic E-state index is 12.9. The minimum absolute atomic E-state index is 0.297. The Morgan fingerprint density at radius 1 is 0.586 bits per heavy atom. The van der Waals surface area contributed by atoms with Crippen LogP contribution in [-0.2, 0) is 4.74 Å². The molecule has 1 fully saturated rings. The lowest BCUT2D eigenvalue weighted by Crippen LogP contribution is -2.36. The molecule has 0 aromatic heterocycles. The molecule has 4 rings (SSSR count). The Morgan fingerprint density at radius 3 is 1.41 bits per heavy atom. The predicted molar refractivity (Wildman–Crippen MR) is 111 cm³/mol. The van der Waals surface area contributed by atoms with Gasteiger partial charge in [0, 0.05) is 18.8 Å². The second-order valence-corrected chi connectivity index (χ2v) is 6.51. The van der Waals surface area contributed by atoms with E-state index in [4.69, 9.17) is 4.74 Å². The van der Waals surface area contributed by atoms with E-state index in [0.29, 0.717) is 11.4 Å². The van der Waals surface area contributed by atoms with Crippen LogP contribution in [0, 0.1) is 5.82 Å². The molecule has 0 N–H and O–H groups in total. The van der Waals surface area contributed by atoms with E-state index in [2.05, 4.69) is 37.5 Å². The van der Waals surface area contributed by atoms with E-state index in [1.807, 2.05) is 36.4 Å². The molecule has 0 radical (unpaired) electrons. The smallest absolute Gasteiger partial charge is 0.123 e. The normalized spacial score (nSPS) is 14.7. The molecule has 1 aliphatic rings. The number of hydrogen-bond donors (Lipinski definition) is 0. The van der Waals surface area contributed by atoms with Crippen LogP contribution in [0.25, 0.3) is 0 Å². The van der Waals surface area contributed by atoms with Crippen LogP contribution in [0.2, 0.25) is 0 Å². The van der Waals surface area contributed by atoms with E-state index < -0.39 is 0 Å². The zero-order valence-electron chi connectivity index (χ0n) is 15.8. The highest BCUT2D eigenvalue weighted by Crippen LogP contribution is 2.25. The van der Waals surface area contributed by atoms with E-state index >= 15 is 0 Å². The fourth-order valence-corrected chi connectivity index (χ4v) is 2.88. The summed E-state index contributed by atoms with van der Waals surface area (Å²) in [5.74, 6) is -0.297. The van der Waals surface area contributed by atoms with Crippen molar-refractivity contribution >= 4 is 28.4 Å². The molecule has 3 aromatic carbocycles. The summed E-state index contributed by atoms with van der Waals surface area (Å²) < 4.78 is 18.3. The molecule has 6 nitrogen and oxygen atoms in total. The number of benzene rings is 3. The first-order valence-corrected chi connectivity index (χ1v) is 9.38. The molecule has 0 aliphatic carbocycles. The van der Waals surface area contributed by atoms with Gasteiger partial charge in [0.05, 0.1) is 36.0 Å². The van der Waals surface area contributed by atoms with Crippen LogP contribution >= 0.6 is 0 Å². The van der Waals surface area contributed by atoms with Gasteiger partial charge in [-0.15, -0.1) is 0 Å². The fraction of sp³-hybridized carbons (Fsp3) is 0.182. The molecule has 0 saturated carbocycles. The Labute approximate surface area is 168 Å². The van der Waals surface area contributed by atoms with E-state index in [1.54, 1.807) is 12.1 Å². The van der Waals surface area contributed by atoms with Gasteiger partial charge >= 0.3 is 0 Å². The lowest BCUT2D eigenvalue weighted by atomic mass is 10.2. The van der Waals surface area contributed by atoms with Crippen molar-refractivity contribution in [2.45, 2.75) is 0 Å². The predicted octanol–water partition coefficient (Wildman–Crippen LogP) is 6.49. The summed E-state index contributed by atoms with van der Waals surface area (Å²) in [6.07, 6.45) is 0. The first-order valence-electron chi connectivity index (χ1n) is 9.38. The van der Waals surface area contributed by atoms with Gasteiger partial charge in [-0.05, 0) is 72.8 Å². The Morgan fingerprint density at radius 2 is 0.966 bits per heavy atom. The molecule has 1 saturated heterocycles. The van der Waals surface area contributed by atoms with Crippen molar-refractivity contribution in [1.82, 2.24) is 0 Å². The summed E-state index contributed by atoms with van der Waals surface area (Å²) in [5, 5.41) is 16.8. The zero-order chi connectivity index (χ0) is 19.9. The van der Waals surface area contributed by atoms with Gasteiger partial charge < -0.3 is 9.64 Å². The van der Waals surface area contributed by atoms with E-state index in [9.17, 15) is 4.39 Å². The van der Waals surface area contributed by atoms with Crippen LogP contribution in [-0.4, -0.2) is 26.3 Å². The van der Waals surface area contributed by atoms with Crippen molar-refractivity contribution in [1.29, 1.82) is 0 Å². The Bertz CT molecular complexity index is 979. The molecule has 0 bridgehead atoms. The van der Waals surface area contributed by atoms with Crippen LogP contribution in [0.3, 0.4) is 0 Å². The second-order valence-electron chi connectivity index (χ2n) is 6.51. The minimum atomic E-state index is -0.297. The standard InChI is InChI=1S/C22H20FN5O/c23-17-1-3-18(4-2-17)24-25-19-5-7-20(8-6-19)26-27-21-9-11-22(12-10-21)28-13-15-29-16-14-28/h1-12H,13-16H2/b25-24+,27-26+. The van der Waals surface area contributed by atoms with Crippen LogP contribution in [0.5, 0.6) is 0 Å². The summed E-state index contributed by atoms with van der Waals surface area (Å²) in [6, 6.07) is 21.1. The highest BCUT2D eigenvalue weighted by molar-refractivity contribution is 5.53. The summed E-state index contributed by atoms with van der Waals surface area (Å²) in [4.78, 5) is 2.30. The molecular weight excluding hydrogens is 369 g/mol. The summed E-state index contributed by atoms with van der Waals surface area (Å²) >= 11 is 0. The molecule has 29 heavy (non-hydrogen) atoms. The van der Waals surface area contributed by atoms with Gasteiger partial charge in [-0.1, -0.05) is 0 Å². The molecule has 1 heterocycles. The largest absolute Gasteiger partial charge is 0.378 e. The number of rotatable bonds is 5. The number of hydrogen-bond acceptors (Lipinski definition) is 6. The number of morpholine rings is 1. The number of nitrogens with zero attached hydrogens (tertiary/aromatic N) is 5. The van der Waals surface area contributed by atoms with Crippen LogP contribution in [0.4, 0.5) is 32.8 Å². The van der Waals surface area contributed by atoms with Crippen LogP contribution in [0.1, 0.15) is 0 Å². The molecule has 0 atom stereocenters. The van der Waals surface area contributed by atoms with E-state index in [0.717, 1.165) is 37.7 Å². The van der Waals surface area contributed by atoms with Crippen LogP contribution in [0.15, 0.2) is 93.3 Å². The molecule has 0 spiro atoms. The van der Waals surface area contributed by atoms with Crippen molar-refractivity contribution in [3.63, 3.8) is 0 Å². The Hall–Kier alpha value is -3.45. The first kappa shape index (κ1) is 18.9. The number of halogens is 1. The highest BCUT2D eigenvalue weighted by Gasteiger charge is 2.10. The van der Waals surface area contributed by atoms with Crippen molar-refractivity contribution in [3.8, 4) is 0 Å². The third-order valence-corrected chi connectivity index (χ3v) is 4.46. The van der Waals surface area contributed by atoms with Gasteiger partial charge in [-0.25, -0.2) is 4.39 Å².